The van der Waals surface area contributed by atoms with E-state index in [1.165, 1.54) is 7.11 Å². The molecule has 122 valence electrons. The highest BCUT2D eigenvalue weighted by Gasteiger charge is 2.24. The SMILES string of the molecule is COC(=O)CN1CCCC(c2cc(-c3ccc(Br)cc3)n[nH]2)C1. The fourth-order valence-corrected chi connectivity index (χ4v) is 3.28. The number of nitrogens with zero attached hydrogens (tertiary/aromatic N) is 2. The number of piperidine rings is 1. The average molecular weight is 378 g/mol. The van der Waals surface area contributed by atoms with Crippen molar-refractivity contribution in [2.24, 2.45) is 0 Å². The van der Waals surface area contributed by atoms with Crippen molar-refractivity contribution in [3.8, 4) is 11.3 Å². The number of ether oxygens (including phenoxy) is 1. The minimum atomic E-state index is -0.175. The first-order valence-electron chi connectivity index (χ1n) is 7.76. The quantitative estimate of drug-likeness (QED) is 0.831. The fourth-order valence-electron chi connectivity index (χ4n) is 3.01. The van der Waals surface area contributed by atoms with Crippen LogP contribution >= 0.6 is 15.9 Å². The summed E-state index contributed by atoms with van der Waals surface area (Å²) in [5.41, 5.74) is 3.19. The van der Waals surface area contributed by atoms with Gasteiger partial charge in [0.1, 0.15) is 0 Å². The molecule has 2 aromatic rings. The third-order valence-corrected chi connectivity index (χ3v) is 4.79. The van der Waals surface area contributed by atoms with Gasteiger partial charge in [0.15, 0.2) is 0 Å². The molecule has 0 saturated carbocycles. The summed E-state index contributed by atoms with van der Waals surface area (Å²) in [4.78, 5) is 13.6. The van der Waals surface area contributed by atoms with E-state index in [1.807, 2.05) is 12.1 Å². The number of esters is 1. The second-order valence-corrected chi connectivity index (χ2v) is 6.78. The molecule has 6 heteroatoms. The lowest BCUT2D eigenvalue weighted by molar-refractivity contribution is -0.142. The largest absolute Gasteiger partial charge is 0.468 e. The van der Waals surface area contributed by atoms with Crippen LogP contribution in [0.1, 0.15) is 24.5 Å². The summed E-state index contributed by atoms with van der Waals surface area (Å²) >= 11 is 3.45. The van der Waals surface area contributed by atoms with Crippen LogP contribution in [0.5, 0.6) is 0 Å². The molecule has 1 aliphatic heterocycles. The number of aromatic nitrogens is 2. The van der Waals surface area contributed by atoms with Gasteiger partial charge in [0.25, 0.3) is 0 Å². The molecule has 1 saturated heterocycles. The van der Waals surface area contributed by atoms with Crippen molar-refractivity contribution in [1.82, 2.24) is 15.1 Å². The predicted molar refractivity (Wildman–Crippen MR) is 92.2 cm³/mol. The Bertz CT molecular complexity index is 669. The van der Waals surface area contributed by atoms with Crippen molar-refractivity contribution in [3.63, 3.8) is 0 Å². The third kappa shape index (κ3) is 4.00. The second-order valence-electron chi connectivity index (χ2n) is 5.87. The van der Waals surface area contributed by atoms with Crippen LogP contribution < -0.4 is 0 Å². The van der Waals surface area contributed by atoms with Crippen LogP contribution in [0.4, 0.5) is 0 Å². The number of halogens is 1. The Morgan fingerprint density at radius 1 is 1.43 bits per heavy atom. The van der Waals surface area contributed by atoms with Gasteiger partial charge >= 0.3 is 5.97 Å². The lowest BCUT2D eigenvalue weighted by Gasteiger charge is -2.31. The maximum atomic E-state index is 11.5. The minimum Gasteiger partial charge on any atom is -0.468 e. The van der Waals surface area contributed by atoms with Gasteiger partial charge in [-0.2, -0.15) is 5.10 Å². The lowest BCUT2D eigenvalue weighted by Crippen LogP contribution is -2.38. The normalized spacial score (nSPS) is 18.8. The number of likely N-dealkylation sites (tertiary alicyclic amines) is 1. The van der Waals surface area contributed by atoms with Gasteiger partial charge in [-0.15, -0.1) is 0 Å². The Kier molecular flexibility index (Phi) is 5.13. The maximum Gasteiger partial charge on any atom is 0.319 e. The smallest absolute Gasteiger partial charge is 0.319 e. The van der Waals surface area contributed by atoms with E-state index in [-0.39, 0.29) is 5.97 Å². The molecule has 1 unspecified atom stereocenters. The van der Waals surface area contributed by atoms with Crippen LogP contribution in [0.25, 0.3) is 11.3 Å². The topological polar surface area (TPSA) is 58.2 Å². The molecule has 1 atom stereocenters. The summed E-state index contributed by atoms with van der Waals surface area (Å²) in [6.07, 6.45) is 2.19. The van der Waals surface area contributed by atoms with Crippen LogP contribution in [0.2, 0.25) is 0 Å². The van der Waals surface area contributed by atoms with Crippen molar-refractivity contribution >= 4 is 21.9 Å². The number of methoxy groups -OCH3 is 1. The zero-order valence-electron chi connectivity index (χ0n) is 13.1. The third-order valence-electron chi connectivity index (χ3n) is 4.26. The van der Waals surface area contributed by atoms with Gasteiger partial charge in [-0.3, -0.25) is 14.8 Å². The van der Waals surface area contributed by atoms with Crippen LogP contribution in [0.3, 0.4) is 0 Å². The zero-order valence-corrected chi connectivity index (χ0v) is 14.7. The van der Waals surface area contributed by atoms with Gasteiger partial charge in [0, 0.05) is 28.2 Å². The molecule has 0 spiro atoms. The number of H-pyrrole nitrogens is 1. The van der Waals surface area contributed by atoms with E-state index in [0.29, 0.717) is 12.5 Å². The van der Waals surface area contributed by atoms with Crippen LogP contribution in [0, 0.1) is 0 Å². The Morgan fingerprint density at radius 3 is 2.96 bits per heavy atom. The van der Waals surface area contributed by atoms with Gasteiger partial charge in [0.05, 0.1) is 19.3 Å². The lowest BCUT2D eigenvalue weighted by atomic mass is 9.94. The first-order valence-corrected chi connectivity index (χ1v) is 8.55. The molecule has 2 heterocycles. The Labute approximate surface area is 144 Å². The van der Waals surface area contributed by atoms with E-state index in [9.17, 15) is 4.79 Å². The first-order chi connectivity index (χ1) is 11.2. The van der Waals surface area contributed by atoms with Gasteiger partial charge in [-0.25, -0.2) is 0 Å². The number of carbonyl (C=O) groups excluding carboxylic acids is 1. The Hall–Kier alpha value is -1.66. The molecule has 1 aromatic heterocycles. The highest BCUT2D eigenvalue weighted by molar-refractivity contribution is 9.10. The molecule has 0 amide bonds. The van der Waals surface area contributed by atoms with Crippen molar-refractivity contribution in [3.05, 3.63) is 40.5 Å². The summed E-state index contributed by atoms with van der Waals surface area (Å²) < 4.78 is 5.82. The minimum absolute atomic E-state index is 0.175. The number of benzene rings is 1. The number of hydrogen-bond donors (Lipinski definition) is 1. The van der Waals surface area contributed by atoms with E-state index in [1.54, 1.807) is 0 Å². The summed E-state index contributed by atoms with van der Waals surface area (Å²) in [5, 5.41) is 7.61. The van der Waals surface area contributed by atoms with E-state index < -0.39 is 0 Å². The molecular weight excluding hydrogens is 358 g/mol. The van der Waals surface area contributed by atoms with Crippen LogP contribution in [-0.2, 0) is 9.53 Å². The molecule has 1 N–H and O–H groups in total. The molecule has 0 aliphatic carbocycles. The van der Waals surface area contributed by atoms with E-state index in [2.05, 4.69) is 49.2 Å². The average Bonchev–Trinajstić information content (AvgIpc) is 3.06. The number of nitrogens with one attached hydrogen (secondary N) is 1. The molecule has 1 fully saturated rings. The van der Waals surface area contributed by atoms with Crippen molar-refractivity contribution in [2.45, 2.75) is 18.8 Å². The van der Waals surface area contributed by atoms with Gasteiger partial charge in [-0.05, 0) is 37.6 Å². The summed E-state index contributed by atoms with van der Waals surface area (Å²) in [6, 6.07) is 10.3. The Morgan fingerprint density at radius 2 is 2.22 bits per heavy atom. The van der Waals surface area contributed by atoms with Gasteiger partial charge in [0.2, 0.25) is 0 Å². The van der Waals surface area contributed by atoms with E-state index >= 15 is 0 Å². The monoisotopic (exact) mass is 377 g/mol. The predicted octanol–water partition coefficient (Wildman–Crippen LogP) is 3.19. The maximum absolute atomic E-state index is 11.5. The number of carbonyl (C=O) groups is 1. The van der Waals surface area contributed by atoms with Crippen LogP contribution in [0.15, 0.2) is 34.8 Å². The molecule has 1 aromatic carbocycles. The molecule has 3 rings (SSSR count). The highest BCUT2D eigenvalue weighted by atomic mass is 79.9. The molecule has 23 heavy (non-hydrogen) atoms. The number of rotatable bonds is 4. The summed E-state index contributed by atoms with van der Waals surface area (Å²) in [7, 11) is 1.43. The summed E-state index contributed by atoms with van der Waals surface area (Å²) in [5.74, 6) is 0.205. The van der Waals surface area contributed by atoms with Crippen LogP contribution in [-0.4, -0.2) is 47.8 Å². The molecule has 5 nitrogen and oxygen atoms in total. The van der Waals surface area contributed by atoms with Gasteiger partial charge < -0.3 is 4.74 Å². The number of hydrogen-bond acceptors (Lipinski definition) is 4. The molecule has 0 radical (unpaired) electrons. The molecule has 1 aliphatic rings. The summed E-state index contributed by atoms with van der Waals surface area (Å²) in [6.45, 7) is 2.16. The second kappa shape index (κ2) is 7.27. The molecular formula is C17H20BrN3O2. The first kappa shape index (κ1) is 16.2. The van der Waals surface area contributed by atoms with E-state index in [0.717, 1.165) is 47.4 Å². The van der Waals surface area contributed by atoms with E-state index in [4.69, 9.17) is 4.74 Å². The van der Waals surface area contributed by atoms with Crippen molar-refractivity contribution < 1.29 is 9.53 Å². The Balaban J connectivity index is 1.69. The zero-order chi connectivity index (χ0) is 16.2. The highest BCUT2D eigenvalue weighted by Crippen LogP contribution is 2.28. The van der Waals surface area contributed by atoms with Crippen molar-refractivity contribution in [1.29, 1.82) is 0 Å². The van der Waals surface area contributed by atoms with Crippen molar-refractivity contribution in [2.75, 3.05) is 26.7 Å². The standard InChI is InChI=1S/C17H20BrN3O2/c1-23-17(22)11-21-8-2-3-13(10-21)16-9-15(19-20-16)12-4-6-14(18)7-5-12/h4-7,9,13H,2-3,8,10-11H2,1H3,(H,19,20). The van der Waals surface area contributed by atoms with Gasteiger partial charge in [-0.1, -0.05) is 28.1 Å². The number of aromatic amines is 1. The fraction of sp³-hybridized carbons (Fsp3) is 0.412. The molecule has 0 bridgehead atoms.